The van der Waals surface area contributed by atoms with Crippen molar-refractivity contribution in [3.8, 4) is 0 Å². The summed E-state index contributed by atoms with van der Waals surface area (Å²) in [5.41, 5.74) is 0.124. The van der Waals surface area contributed by atoms with Crippen molar-refractivity contribution in [3.05, 3.63) is 29.8 Å². The van der Waals surface area contributed by atoms with E-state index in [4.69, 9.17) is 9.84 Å². The number of hydrogen-bond donors (Lipinski definition) is 3. The largest absolute Gasteiger partial charge is 0.481 e. The Kier molecular flexibility index (Phi) is 3.58. The van der Waals surface area contributed by atoms with Gasteiger partial charge in [-0.25, -0.2) is 4.79 Å². The summed E-state index contributed by atoms with van der Waals surface area (Å²) < 4.78 is 5.54. The minimum Gasteiger partial charge on any atom is -0.481 e. The van der Waals surface area contributed by atoms with Gasteiger partial charge in [-0.3, -0.25) is 9.59 Å². The van der Waals surface area contributed by atoms with Crippen LogP contribution in [0.15, 0.2) is 24.3 Å². The molecular formula is C15H15NO6. The number of carboxylic acids is 2. The standard InChI is InChI=1S/C15H15NO6/c17-13(16-8-4-2-1-3-7(8)14(18)19)11-9-5-6-10(22-9)12(11)15(20)21/h1-4,9-12H,5-6H2,(H,16,17)(H,18,19)(H,20,21)/t9-,10-,11+,12-/m1/s1. The number of carbonyl (C=O) groups excluding carboxylic acids is 1. The minimum absolute atomic E-state index is 0.0354. The first-order valence-electron chi connectivity index (χ1n) is 7.00. The summed E-state index contributed by atoms with van der Waals surface area (Å²) in [6.45, 7) is 0. The van der Waals surface area contributed by atoms with E-state index < -0.39 is 41.9 Å². The van der Waals surface area contributed by atoms with E-state index in [0.29, 0.717) is 12.8 Å². The van der Waals surface area contributed by atoms with Gasteiger partial charge in [-0.15, -0.1) is 0 Å². The van der Waals surface area contributed by atoms with Crippen molar-refractivity contribution < 1.29 is 29.3 Å². The van der Waals surface area contributed by atoms with Crippen molar-refractivity contribution >= 4 is 23.5 Å². The number of fused-ring (bicyclic) bond motifs is 2. The lowest BCUT2D eigenvalue weighted by Gasteiger charge is -2.24. The fourth-order valence-electron chi connectivity index (χ4n) is 3.32. The van der Waals surface area contributed by atoms with E-state index in [2.05, 4.69) is 5.32 Å². The molecule has 0 aromatic heterocycles. The number of nitrogens with one attached hydrogen (secondary N) is 1. The molecule has 2 fully saturated rings. The summed E-state index contributed by atoms with van der Waals surface area (Å²) in [7, 11) is 0. The molecule has 1 amide bonds. The second kappa shape index (κ2) is 5.42. The van der Waals surface area contributed by atoms with Crippen molar-refractivity contribution in [1.82, 2.24) is 0 Å². The summed E-state index contributed by atoms with van der Waals surface area (Å²) in [5, 5.41) is 21.0. The topological polar surface area (TPSA) is 113 Å². The molecule has 116 valence electrons. The second-order valence-electron chi connectivity index (χ2n) is 5.52. The van der Waals surface area contributed by atoms with Crippen LogP contribution in [0.4, 0.5) is 5.69 Å². The van der Waals surface area contributed by atoms with E-state index >= 15 is 0 Å². The normalized spacial score (nSPS) is 29.3. The third-order valence-corrected chi connectivity index (χ3v) is 4.28. The number of para-hydroxylation sites is 1. The van der Waals surface area contributed by atoms with Gasteiger partial charge in [0.25, 0.3) is 0 Å². The van der Waals surface area contributed by atoms with Crippen LogP contribution in [0.1, 0.15) is 23.2 Å². The maximum Gasteiger partial charge on any atom is 0.337 e. The second-order valence-corrected chi connectivity index (χ2v) is 5.52. The third-order valence-electron chi connectivity index (χ3n) is 4.28. The Balaban J connectivity index is 1.83. The van der Waals surface area contributed by atoms with Crippen molar-refractivity contribution in [2.75, 3.05) is 5.32 Å². The van der Waals surface area contributed by atoms with E-state index in [-0.39, 0.29) is 11.3 Å². The first-order valence-corrected chi connectivity index (χ1v) is 7.00. The monoisotopic (exact) mass is 305 g/mol. The average Bonchev–Trinajstić information content (AvgIpc) is 3.08. The van der Waals surface area contributed by atoms with Crippen molar-refractivity contribution in [1.29, 1.82) is 0 Å². The Morgan fingerprint density at radius 3 is 2.32 bits per heavy atom. The number of aliphatic carboxylic acids is 1. The van der Waals surface area contributed by atoms with Crippen LogP contribution < -0.4 is 5.32 Å². The lowest BCUT2D eigenvalue weighted by atomic mass is 9.78. The van der Waals surface area contributed by atoms with E-state index in [9.17, 15) is 19.5 Å². The highest BCUT2D eigenvalue weighted by molar-refractivity contribution is 6.02. The number of hydrogen-bond acceptors (Lipinski definition) is 4. The number of amides is 1. The molecular weight excluding hydrogens is 290 g/mol. The molecule has 1 aromatic rings. The van der Waals surface area contributed by atoms with Crippen LogP contribution in [0.3, 0.4) is 0 Å². The van der Waals surface area contributed by atoms with Gasteiger partial charge in [-0.05, 0) is 25.0 Å². The predicted octanol–water partition coefficient (Wildman–Crippen LogP) is 1.20. The molecule has 0 saturated carbocycles. The summed E-state index contributed by atoms with van der Waals surface area (Å²) in [4.78, 5) is 35.0. The molecule has 2 aliphatic heterocycles. The maximum atomic E-state index is 12.4. The van der Waals surface area contributed by atoms with E-state index in [0.717, 1.165) is 0 Å². The molecule has 0 unspecified atom stereocenters. The Hall–Kier alpha value is -2.41. The number of rotatable bonds is 4. The molecule has 7 nitrogen and oxygen atoms in total. The zero-order valence-corrected chi connectivity index (χ0v) is 11.6. The van der Waals surface area contributed by atoms with Crippen LogP contribution in [0.5, 0.6) is 0 Å². The fourth-order valence-corrected chi connectivity index (χ4v) is 3.32. The summed E-state index contributed by atoms with van der Waals surface area (Å²) in [6, 6.07) is 6.02. The van der Waals surface area contributed by atoms with Gasteiger partial charge in [0.05, 0.1) is 35.3 Å². The predicted molar refractivity (Wildman–Crippen MR) is 74.5 cm³/mol. The molecule has 0 spiro atoms. The van der Waals surface area contributed by atoms with Gasteiger partial charge in [0.2, 0.25) is 5.91 Å². The molecule has 0 radical (unpaired) electrons. The summed E-state index contributed by atoms with van der Waals surface area (Å²) in [5.74, 6) is -4.39. The van der Waals surface area contributed by atoms with E-state index in [1.165, 1.54) is 12.1 Å². The van der Waals surface area contributed by atoms with E-state index in [1.54, 1.807) is 12.1 Å². The van der Waals surface area contributed by atoms with E-state index in [1.807, 2.05) is 0 Å². The molecule has 22 heavy (non-hydrogen) atoms. The van der Waals surface area contributed by atoms with Gasteiger partial charge in [0.15, 0.2) is 0 Å². The first-order chi connectivity index (χ1) is 10.5. The number of benzene rings is 1. The van der Waals surface area contributed by atoms with Gasteiger partial charge in [0.1, 0.15) is 0 Å². The van der Waals surface area contributed by atoms with Crippen molar-refractivity contribution in [2.24, 2.45) is 11.8 Å². The molecule has 2 aliphatic rings. The number of anilines is 1. The molecule has 0 aliphatic carbocycles. The maximum absolute atomic E-state index is 12.4. The van der Waals surface area contributed by atoms with Gasteiger partial charge in [0, 0.05) is 0 Å². The number of aromatic carboxylic acids is 1. The Bertz CT molecular complexity index is 643. The summed E-state index contributed by atoms with van der Waals surface area (Å²) in [6.07, 6.45) is 0.431. The molecule has 2 saturated heterocycles. The van der Waals surface area contributed by atoms with Crippen LogP contribution in [-0.4, -0.2) is 40.3 Å². The first kappa shape index (κ1) is 14.5. The zero-order valence-electron chi connectivity index (χ0n) is 11.6. The molecule has 2 heterocycles. The number of ether oxygens (including phenoxy) is 1. The lowest BCUT2D eigenvalue weighted by molar-refractivity contribution is -0.147. The smallest absolute Gasteiger partial charge is 0.337 e. The highest BCUT2D eigenvalue weighted by atomic mass is 16.5. The molecule has 2 bridgehead atoms. The van der Waals surface area contributed by atoms with Gasteiger partial charge < -0.3 is 20.3 Å². The Morgan fingerprint density at radius 2 is 1.68 bits per heavy atom. The molecule has 3 N–H and O–H groups in total. The van der Waals surface area contributed by atoms with Crippen LogP contribution in [0.25, 0.3) is 0 Å². The summed E-state index contributed by atoms with van der Waals surface area (Å²) >= 11 is 0. The quantitative estimate of drug-likeness (QED) is 0.770. The van der Waals surface area contributed by atoms with Crippen molar-refractivity contribution in [2.45, 2.75) is 25.0 Å². The van der Waals surface area contributed by atoms with Crippen LogP contribution in [-0.2, 0) is 14.3 Å². The molecule has 1 aromatic carbocycles. The minimum atomic E-state index is -1.16. The van der Waals surface area contributed by atoms with Crippen LogP contribution in [0, 0.1) is 11.8 Å². The lowest BCUT2D eigenvalue weighted by Crippen LogP contribution is -2.41. The average molecular weight is 305 g/mol. The number of carboxylic acid groups (broad SMARTS) is 2. The van der Waals surface area contributed by atoms with Crippen molar-refractivity contribution in [3.63, 3.8) is 0 Å². The molecule has 4 atom stereocenters. The van der Waals surface area contributed by atoms with Crippen LogP contribution >= 0.6 is 0 Å². The fraction of sp³-hybridized carbons (Fsp3) is 0.400. The molecule has 7 heteroatoms. The Labute approximate surface area is 125 Å². The zero-order chi connectivity index (χ0) is 15.9. The van der Waals surface area contributed by atoms with Gasteiger partial charge in [-0.2, -0.15) is 0 Å². The Morgan fingerprint density at radius 1 is 1.05 bits per heavy atom. The highest BCUT2D eigenvalue weighted by Crippen LogP contribution is 2.44. The SMILES string of the molecule is O=C(O)c1ccccc1NC(=O)[C@@H]1[C@H](C(=O)O)[C@H]2CC[C@H]1O2. The van der Waals surface area contributed by atoms with Gasteiger partial charge in [-0.1, -0.05) is 12.1 Å². The molecule has 3 rings (SSSR count). The number of carbonyl (C=O) groups is 3. The van der Waals surface area contributed by atoms with Crippen LogP contribution in [0.2, 0.25) is 0 Å². The third kappa shape index (κ3) is 2.33. The van der Waals surface area contributed by atoms with Gasteiger partial charge >= 0.3 is 11.9 Å². The highest BCUT2D eigenvalue weighted by Gasteiger charge is 2.55.